The second-order valence-electron chi connectivity index (χ2n) is 2.96. The van der Waals surface area contributed by atoms with Crippen LogP contribution in [0.2, 0.25) is 0 Å². The predicted octanol–water partition coefficient (Wildman–Crippen LogP) is 1.64. The number of carbonyl (C=O) groups excluding carboxylic acids is 1. The number of hydrogen-bond donors (Lipinski definition) is 1. The first-order chi connectivity index (χ1) is 7.45. The highest BCUT2D eigenvalue weighted by Crippen LogP contribution is 2.23. The number of ether oxygens (including phenoxy) is 1. The second kappa shape index (κ2) is 5.06. The Labute approximate surface area is 87.6 Å². The van der Waals surface area contributed by atoms with Crippen LogP contribution in [0.4, 0.5) is 17.6 Å². The van der Waals surface area contributed by atoms with Gasteiger partial charge in [0.2, 0.25) is 0 Å². The maximum Gasteiger partial charge on any atom is 0.330 e. The summed E-state index contributed by atoms with van der Waals surface area (Å²) in [5, 5.41) is 0. The Morgan fingerprint density at radius 2 is 2.25 bits per heavy atom. The summed E-state index contributed by atoms with van der Waals surface area (Å²) in [7, 11) is 0. The fourth-order valence-corrected chi connectivity index (χ4v) is 0.859. The number of rotatable bonds is 6. The van der Waals surface area contributed by atoms with Crippen LogP contribution < -0.4 is 0 Å². The van der Waals surface area contributed by atoms with E-state index in [9.17, 15) is 22.4 Å². The lowest BCUT2D eigenvalue weighted by molar-refractivity contribution is -0.168. The molecule has 0 aliphatic rings. The van der Waals surface area contributed by atoms with Gasteiger partial charge in [0.15, 0.2) is 6.29 Å². The number of imidazole rings is 1. The zero-order valence-corrected chi connectivity index (χ0v) is 7.92. The summed E-state index contributed by atoms with van der Waals surface area (Å²) in [6, 6.07) is 0. The van der Waals surface area contributed by atoms with Gasteiger partial charge in [-0.2, -0.15) is 8.78 Å². The van der Waals surface area contributed by atoms with Gasteiger partial charge in [0.25, 0.3) is 0 Å². The number of H-pyrrole nitrogens is 1. The van der Waals surface area contributed by atoms with Crippen LogP contribution in [0.1, 0.15) is 16.3 Å². The van der Waals surface area contributed by atoms with Crippen LogP contribution in [0, 0.1) is 0 Å². The molecule has 0 spiro atoms. The Morgan fingerprint density at radius 3 is 2.75 bits per heavy atom. The first kappa shape index (κ1) is 12.6. The van der Waals surface area contributed by atoms with E-state index < -0.39 is 25.6 Å². The van der Waals surface area contributed by atoms with Gasteiger partial charge in [-0.25, -0.2) is 13.8 Å². The van der Waals surface area contributed by atoms with Gasteiger partial charge in [0.05, 0.1) is 11.9 Å². The van der Waals surface area contributed by atoms with E-state index in [1.807, 2.05) is 0 Å². The zero-order chi connectivity index (χ0) is 12.2. The Morgan fingerprint density at radius 1 is 1.56 bits per heavy atom. The highest BCUT2D eigenvalue weighted by molar-refractivity contribution is 5.71. The number of nitrogens with zero attached hydrogens (tertiary/aromatic N) is 1. The van der Waals surface area contributed by atoms with Crippen molar-refractivity contribution in [3.05, 3.63) is 17.7 Å². The average molecular weight is 240 g/mol. The molecule has 1 N–H and O–H groups in total. The van der Waals surface area contributed by atoms with Crippen molar-refractivity contribution in [1.82, 2.24) is 9.97 Å². The fourth-order valence-electron chi connectivity index (χ4n) is 0.859. The summed E-state index contributed by atoms with van der Waals surface area (Å²) in [6.45, 7) is -1.79. The van der Waals surface area contributed by atoms with Crippen LogP contribution in [-0.2, 0) is 11.3 Å². The van der Waals surface area contributed by atoms with Gasteiger partial charge < -0.3 is 9.72 Å². The van der Waals surface area contributed by atoms with Gasteiger partial charge in [0, 0.05) is 0 Å². The second-order valence-corrected chi connectivity index (χ2v) is 2.96. The minimum absolute atomic E-state index is 0.118. The van der Waals surface area contributed by atoms with Crippen LogP contribution in [0.15, 0.2) is 6.20 Å². The van der Waals surface area contributed by atoms with Crippen molar-refractivity contribution in [2.24, 2.45) is 0 Å². The molecule has 1 rings (SSSR count). The van der Waals surface area contributed by atoms with E-state index in [2.05, 4.69) is 14.7 Å². The van der Waals surface area contributed by atoms with E-state index in [0.717, 1.165) is 0 Å². The minimum Gasteiger partial charge on any atom is -0.367 e. The number of aromatic amines is 1. The molecule has 1 heterocycles. The Balaban J connectivity index is 2.38. The quantitative estimate of drug-likeness (QED) is 0.607. The van der Waals surface area contributed by atoms with Crippen molar-refractivity contribution < 1.29 is 27.1 Å². The lowest BCUT2D eigenvalue weighted by Crippen LogP contribution is -2.32. The SMILES string of the molecule is O=Cc1cnc(COCC(F)(F)C(F)F)[nH]1. The minimum atomic E-state index is -4.18. The van der Waals surface area contributed by atoms with Crippen LogP contribution in [0.5, 0.6) is 0 Å². The molecule has 0 aliphatic carbocycles. The highest BCUT2D eigenvalue weighted by atomic mass is 19.3. The first-order valence-electron chi connectivity index (χ1n) is 4.18. The summed E-state index contributed by atoms with van der Waals surface area (Å²) in [4.78, 5) is 16.3. The Kier molecular flexibility index (Phi) is 3.99. The monoisotopic (exact) mass is 240 g/mol. The molecule has 0 fully saturated rings. The van der Waals surface area contributed by atoms with Gasteiger partial charge in [-0.05, 0) is 0 Å². The molecule has 0 bridgehead atoms. The van der Waals surface area contributed by atoms with Crippen LogP contribution in [0.3, 0.4) is 0 Å². The number of halogens is 4. The van der Waals surface area contributed by atoms with Crippen molar-refractivity contribution in [2.45, 2.75) is 19.0 Å². The number of hydrogen-bond acceptors (Lipinski definition) is 3. The third-order valence-electron chi connectivity index (χ3n) is 1.63. The number of aromatic nitrogens is 2. The van der Waals surface area contributed by atoms with Gasteiger partial charge in [0.1, 0.15) is 19.0 Å². The Bertz CT molecular complexity index is 354. The Hall–Kier alpha value is -1.44. The smallest absolute Gasteiger partial charge is 0.330 e. The van der Waals surface area contributed by atoms with Crippen molar-refractivity contribution in [2.75, 3.05) is 6.61 Å². The number of alkyl halides is 4. The van der Waals surface area contributed by atoms with Crippen molar-refractivity contribution >= 4 is 6.29 Å². The molecule has 1 aromatic heterocycles. The van der Waals surface area contributed by atoms with E-state index in [1.165, 1.54) is 6.20 Å². The largest absolute Gasteiger partial charge is 0.367 e. The summed E-state index contributed by atoms with van der Waals surface area (Å²) in [5.41, 5.74) is 0.152. The summed E-state index contributed by atoms with van der Waals surface area (Å²) >= 11 is 0. The molecule has 1 aromatic rings. The van der Waals surface area contributed by atoms with E-state index in [1.54, 1.807) is 0 Å². The zero-order valence-electron chi connectivity index (χ0n) is 7.92. The van der Waals surface area contributed by atoms with Crippen LogP contribution in [0.25, 0.3) is 0 Å². The van der Waals surface area contributed by atoms with Gasteiger partial charge >= 0.3 is 12.3 Å². The van der Waals surface area contributed by atoms with Crippen molar-refractivity contribution in [3.8, 4) is 0 Å². The molecule has 0 unspecified atom stereocenters. The normalized spacial score (nSPS) is 12.1. The van der Waals surface area contributed by atoms with E-state index in [0.29, 0.717) is 6.29 Å². The van der Waals surface area contributed by atoms with Gasteiger partial charge in [-0.1, -0.05) is 0 Å². The van der Waals surface area contributed by atoms with Crippen LogP contribution in [-0.4, -0.2) is 35.2 Å². The highest BCUT2D eigenvalue weighted by Gasteiger charge is 2.40. The molecular formula is C8H8F4N2O2. The van der Waals surface area contributed by atoms with Crippen LogP contribution >= 0.6 is 0 Å². The molecule has 8 heteroatoms. The number of carbonyl (C=O) groups is 1. The molecule has 0 saturated heterocycles. The third kappa shape index (κ3) is 3.30. The predicted molar refractivity (Wildman–Crippen MR) is 44.6 cm³/mol. The van der Waals surface area contributed by atoms with Gasteiger partial charge in [-0.15, -0.1) is 0 Å². The number of aldehydes is 1. The molecule has 4 nitrogen and oxygen atoms in total. The summed E-state index contributed by atoms with van der Waals surface area (Å²) < 4.78 is 52.5. The fraction of sp³-hybridized carbons (Fsp3) is 0.500. The molecule has 90 valence electrons. The summed E-state index contributed by atoms with van der Waals surface area (Å²) in [5.74, 6) is -4.06. The molecule has 0 radical (unpaired) electrons. The lowest BCUT2D eigenvalue weighted by atomic mass is 10.4. The van der Waals surface area contributed by atoms with E-state index >= 15 is 0 Å². The lowest BCUT2D eigenvalue weighted by Gasteiger charge is -2.14. The topological polar surface area (TPSA) is 55.0 Å². The molecule has 0 aliphatic heterocycles. The molecule has 0 atom stereocenters. The molecule has 0 amide bonds. The van der Waals surface area contributed by atoms with Gasteiger partial charge in [-0.3, -0.25) is 4.79 Å². The molecular weight excluding hydrogens is 232 g/mol. The van der Waals surface area contributed by atoms with E-state index in [-0.39, 0.29) is 11.5 Å². The maximum atomic E-state index is 12.4. The molecule has 0 saturated carbocycles. The van der Waals surface area contributed by atoms with E-state index in [4.69, 9.17) is 0 Å². The standard InChI is InChI=1S/C8H8F4N2O2/c9-7(10)8(11,12)4-16-3-6-13-1-5(2-15)14-6/h1-2,7H,3-4H2,(H,13,14). The number of nitrogens with one attached hydrogen (secondary N) is 1. The molecule has 0 aromatic carbocycles. The van der Waals surface area contributed by atoms with Crippen molar-refractivity contribution in [3.63, 3.8) is 0 Å². The summed E-state index contributed by atoms with van der Waals surface area (Å²) in [6.07, 6.45) is -2.11. The van der Waals surface area contributed by atoms with Crippen molar-refractivity contribution in [1.29, 1.82) is 0 Å². The third-order valence-corrected chi connectivity index (χ3v) is 1.63. The first-order valence-corrected chi connectivity index (χ1v) is 4.18. The maximum absolute atomic E-state index is 12.4. The average Bonchev–Trinajstić information content (AvgIpc) is 2.65. The molecule has 16 heavy (non-hydrogen) atoms.